The fraction of sp³-hybridized carbons (Fsp3) is 0.769. The lowest BCUT2D eigenvalue weighted by molar-refractivity contribution is 0.358. The number of aromatic nitrogens is 2. The molecule has 0 radical (unpaired) electrons. The maximum atomic E-state index is 12.3. The molecule has 1 unspecified atom stereocenters. The molecule has 0 amide bonds. The quantitative estimate of drug-likeness (QED) is 0.839. The SMILES string of the molecule is Cl.O=S(=O)(NCCC1CCCNC1)c1cnc2n1CCC2. The lowest BCUT2D eigenvalue weighted by atomic mass is 9.96. The van der Waals surface area contributed by atoms with E-state index in [1.807, 2.05) is 4.57 Å². The summed E-state index contributed by atoms with van der Waals surface area (Å²) in [6.07, 6.45) is 6.62. The monoisotopic (exact) mass is 334 g/mol. The zero-order chi connectivity index (χ0) is 14.0. The molecule has 3 rings (SSSR count). The number of fused-ring (bicyclic) bond motifs is 1. The summed E-state index contributed by atoms with van der Waals surface area (Å²) in [7, 11) is -3.41. The van der Waals surface area contributed by atoms with Crippen molar-refractivity contribution in [2.45, 2.75) is 43.7 Å². The Balaban J connectivity index is 0.00000161. The lowest BCUT2D eigenvalue weighted by Gasteiger charge is -2.22. The van der Waals surface area contributed by atoms with Gasteiger partial charge in [0.1, 0.15) is 5.82 Å². The molecule has 0 saturated carbocycles. The number of imidazole rings is 1. The Labute approximate surface area is 132 Å². The standard InChI is InChI=1S/C13H22N4O2S.ClH/c18-20(19,13-10-15-12-4-2-8-17(12)13)16-7-5-11-3-1-6-14-9-11;/h10-11,14,16H,1-9H2;1H. The van der Waals surface area contributed by atoms with Gasteiger partial charge in [0.05, 0.1) is 6.20 Å². The molecule has 1 saturated heterocycles. The minimum Gasteiger partial charge on any atom is -0.318 e. The van der Waals surface area contributed by atoms with Crippen LogP contribution in [0.3, 0.4) is 0 Å². The Bertz CT molecular complexity index is 567. The first kappa shape index (κ1) is 16.7. The van der Waals surface area contributed by atoms with Crippen molar-refractivity contribution in [1.29, 1.82) is 0 Å². The molecule has 1 aromatic rings. The first-order valence-electron chi connectivity index (χ1n) is 7.41. The summed E-state index contributed by atoms with van der Waals surface area (Å²) >= 11 is 0. The van der Waals surface area contributed by atoms with Gasteiger partial charge in [-0.2, -0.15) is 0 Å². The van der Waals surface area contributed by atoms with Gasteiger partial charge in [-0.3, -0.25) is 0 Å². The molecule has 2 aliphatic heterocycles. The third-order valence-electron chi connectivity index (χ3n) is 4.20. The Morgan fingerprint density at radius 3 is 3.05 bits per heavy atom. The molecule has 8 heteroatoms. The summed E-state index contributed by atoms with van der Waals surface area (Å²) in [6.45, 7) is 3.36. The van der Waals surface area contributed by atoms with Crippen molar-refractivity contribution in [2.24, 2.45) is 5.92 Å². The highest BCUT2D eigenvalue weighted by molar-refractivity contribution is 7.89. The topological polar surface area (TPSA) is 76.0 Å². The van der Waals surface area contributed by atoms with Crippen LogP contribution < -0.4 is 10.0 Å². The van der Waals surface area contributed by atoms with Crippen molar-refractivity contribution < 1.29 is 8.42 Å². The number of piperidine rings is 1. The normalized spacial score (nSPS) is 21.8. The van der Waals surface area contributed by atoms with E-state index in [0.29, 0.717) is 17.5 Å². The van der Waals surface area contributed by atoms with Crippen molar-refractivity contribution in [3.8, 4) is 0 Å². The highest BCUT2D eigenvalue weighted by Gasteiger charge is 2.25. The number of nitrogens with zero attached hydrogens (tertiary/aromatic N) is 2. The molecule has 0 aromatic carbocycles. The fourth-order valence-corrected chi connectivity index (χ4v) is 4.30. The number of rotatable bonds is 5. The van der Waals surface area contributed by atoms with Crippen LogP contribution in [0.4, 0.5) is 0 Å². The molecule has 2 aliphatic rings. The van der Waals surface area contributed by atoms with E-state index in [2.05, 4.69) is 15.0 Å². The minimum atomic E-state index is -3.41. The van der Waals surface area contributed by atoms with Crippen LogP contribution in [0.25, 0.3) is 0 Å². The van der Waals surface area contributed by atoms with Crippen LogP contribution >= 0.6 is 12.4 Å². The Kier molecular flexibility index (Phi) is 5.65. The molecule has 3 heterocycles. The van der Waals surface area contributed by atoms with Gasteiger partial charge in [0.25, 0.3) is 10.0 Å². The van der Waals surface area contributed by atoms with E-state index in [0.717, 1.165) is 44.7 Å². The van der Waals surface area contributed by atoms with Crippen LogP contribution in [0.5, 0.6) is 0 Å². The maximum Gasteiger partial charge on any atom is 0.257 e. The van der Waals surface area contributed by atoms with Gasteiger partial charge in [0, 0.05) is 19.5 Å². The van der Waals surface area contributed by atoms with E-state index < -0.39 is 10.0 Å². The second-order valence-corrected chi connectivity index (χ2v) is 7.38. The average Bonchev–Trinajstić information content (AvgIpc) is 3.01. The van der Waals surface area contributed by atoms with E-state index in [1.165, 1.54) is 19.0 Å². The average molecular weight is 335 g/mol. The van der Waals surface area contributed by atoms with E-state index in [4.69, 9.17) is 0 Å². The van der Waals surface area contributed by atoms with Gasteiger partial charge < -0.3 is 9.88 Å². The van der Waals surface area contributed by atoms with Crippen LogP contribution in [0, 0.1) is 5.92 Å². The third kappa shape index (κ3) is 3.77. The summed E-state index contributed by atoms with van der Waals surface area (Å²) in [4.78, 5) is 4.19. The Hall–Kier alpha value is -0.630. The molecular weight excluding hydrogens is 312 g/mol. The molecule has 0 spiro atoms. The highest BCUT2D eigenvalue weighted by atomic mass is 35.5. The van der Waals surface area contributed by atoms with Crippen LogP contribution in [0.15, 0.2) is 11.2 Å². The van der Waals surface area contributed by atoms with E-state index in [9.17, 15) is 8.42 Å². The van der Waals surface area contributed by atoms with Crippen LogP contribution in [0.1, 0.15) is 31.5 Å². The molecule has 6 nitrogen and oxygen atoms in total. The molecule has 0 bridgehead atoms. The fourth-order valence-electron chi connectivity index (χ4n) is 3.09. The molecule has 21 heavy (non-hydrogen) atoms. The zero-order valence-corrected chi connectivity index (χ0v) is 13.7. The predicted octanol–water partition coefficient (Wildman–Crippen LogP) is 0.919. The molecule has 0 aliphatic carbocycles. The largest absolute Gasteiger partial charge is 0.318 e. The summed E-state index contributed by atoms with van der Waals surface area (Å²) in [5, 5.41) is 3.68. The molecular formula is C13H23ClN4O2S. The number of hydrogen-bond donors (Lipinski definition) is 2. The van der Waals surface area contributed by atoms with Gasteiger partial charge in [-0.1, -0.05) is 0 Å². The smallest absolute Gasteiger partial charge is 0.257 e. The van der Waals surface area contributed by atoms with Crippen molar-refractivity contribution in [3.63, 3.8) is 0 Å². The van der Waals surface area contributed by atoms with Crippen LogP contribution in [-0.4, -0.2) is 37.6 Å². The summed E-state index contributed by atoms with van der Waals surface area (Å²) in [5.41, 5.74) is 0. The Morgan fingerprint density at radius 1 is 1.43 bits per heavy atom. The summed E-state index contributed by atoms with van der Waals surface area (Å²) < 4.78 is 29.2. The minimum absolute atomic E-state index is 0. The van der Waals surface area contributed by atoms with Gasteiger partial charge in [0.15, 0.2) is 5.03 Å². The predicted molar refractivity (Wildman–Crippen MR) is 83.2 cm³/mol. The van der Waals surface area contributed by atoms with Gasteiger partial charge in [-0.15, -0.1) is 12.4 Å². The van der Waals surface area contributed by atoms with E-state index in [-0.39, 0.29) is 12.4 Å². The number of sulfonamides is 1. The van der Waals surface area contributed by atoms with Crippen LogP contribution in [-0.2, 0) is 23.0 Å². The second kappa shape index (κ2) is 7.09. The zero-order valence-electron chi connectivity index (χ0n) is 12.0. The van der Waals surface area contributed by atoms with Gasteiger partial charge in [-0.05, 0) is 44.7 Å². The van der Waals surface area contributed by atoms with Crippen molar-refractivity contribution in [1.82, 2.24) is 19.6 Å². The molecule has 1 aromatic heterocycles. The third-order valence-corrected chi connectivity index (χ3v) is 5.66. The molecule has 1 fully saturated rings. The summed E-state index contributed by atoms with van der Waals surface area (Å²) in [5.74, 6) is 1.48. The molecule has 120 valence electrons. The lowest BCUT2D eigenvalue weighted by Crippen LogP contribution is -2.33. The van der Waals surface area contributed by atoms with Crippen molar-refractivity contribution in [2.75, 3.05) is 19.6 Å². The van der Waals surface area contributed by atoms with Gasteiger partial charge >= 0.3 is 0 Å². The first-order chi connectivity index (χ1) is 9.67. The summed E-state index contributed by atoms with van der Waals surface area (Å²) in [6, 6.07) is 0. The number of nitrogens with one attached hydrogen (secondary N) is 2. The van der Waals surface area contributed by atoms with E-state index in [1.54, 1.807) is 0 Å². The molecule has 2 N–H and O–H groups in total. The number of hydrogen-bond acceptors (Lipinski definition) is 4. The van der Waals surface area contributed by atoms with Gasteiger partial charge in [-0.25, -0.2) is 18.1 Å². The van der Waals surface area contributed by atoms with Crippen LogP contribution in [0.2, 0.25) is 0 Å². The first-order valence-corrected chi connectivity index (χ1v) is 8.90. The Morgan fingerprint density at radius 2 is 2.29 bits per heavy atom. The maximum absolute atomic E-state index is 12.3. The van der Waals surface area contributed by atoms with Gasteiger partial charge in [0.2, 0.25) is 0 Å². The second-order valence-electron chi connectivity index (χ2n) is 5.67. The number of aryl methyl sites for hydroxylation is 1. The van der Waals surface area contributed by atoms with E-state index >= 15 is 0 Å². The molecule has 1 atom stereocenters. The van der Waals surface area contributed by atoms with Crippen molar-refractivity contribution in [3.05, 3.63) is 12.0 Å². The van der Waals surface area contributed by atoms with Crippen molar-refractivity contribution >= 4 is 22.4 Å². The highest BCUT2D eigenvalue weighted by Crippen LogP contribution is 2.20. The number of halogens is 1.